The third-order valence-electron chi connectivity index (χ3n) is 22.3. The molecule has 3 aromatic carbocycles. The number of unbranched alkanes of at least 4 members (excludes halogenated alkanes) is 1. The van der Waals surface area contributed by atoms with Crippen LogP contribution in [0.25, 0.3) is 0 Å². The van der Waals surface area contributed by atoms with Crippen LogP contribution in [-0.4, -0.2) is 264 Å². The number of phenols is 2. The van der Waals surface area contributed by atoms with Crippen LogP contribution in [-0.2, 0) is 110 Å². The zero-order valence-electron chi connectivity index (χ0n) is 74.0. The number of nitrogens with two attached hydrogens (primary N) is 1. The first-order valence-electron chi connectivity index (χ1n) is 43.4. The molecule has 0 radical (unpaired) electrons. The second-order valence-corrected chi connectivity index (χ2v) is 33.6. The van der Waals surface area contributed by atoms with Gasteiger partial charge in [-0.05, 0) is 131 Å². The molecule has 39 nitrogen and oxygen atoms in total. The number of benzene rings is 3. The van der Waals surface area contributed by atoms with Crippen molar-refractivity contribution in [1.29, 1.82) is 0 Å². The van der Waals surface area contributed by atoms with Crippen LogP contribution in [0.5, 0.6) is 11.5 Å². The first-order chi connectivity index (χ1) is 60.9. The van der Waals surface area contributed by atoms with Crippen molar-refractivity contribution in [3.63, 3.8) is 0 Å². The Bertz CT molecular complexity index is 4300. The topological polar surface area (TPSA) is 641 Å². The number of carboxylic acid groups (broad SMARTS) is 3. The van der Waals surface area contributed by atoms with Crippen molar-refractivity contribution in [2.45, 2.75) is 232 Å². The molecule has 39 heteroatoms. The maximum atomic E-state index is 14.8. The zero-order valence-corrected chi connectivity index (χ0v) is 74.0. The summed E-state index contributed by atoms with van der Waals surface area (Å²) < 4.78 is 4.94. The molecule has 3 aromatic rings. The summed E-state index contributed by atoms with van der Waals surface area (Å²) >= 11 is 0. The molecule has 0 bridgehead atoms. The predicted molar refractivity (Wildman–Crippen MR) is 462 cm³/mol. The first-order valence-corrected chi connectivity index (χ1v) is 43.4. The fraction of sp³-hybridized carbons (Fsp3) is 0.589. The van der Waals surface area contributed by atoms with Gasteiger partial charge < -0.3 is 104 Å². The lowest BCUT2D eigenvalue weighted by molar-refractivity contribution is -0.143. The average Bonchev–Trinajstić information content (AvgIpc) is 0.839. The summed E-state index contributed by atoms with van der Waals surface area (Å²) in [6, 6.07) is 10.4. The number of hydrogen-bond donors (Lipinski definition) is 18. The van der Waals surface area contributed by atoms with E-state index in [-0.39, 0.29) is 80.7 Å². The average molecular weight is 1810 g/mol. The van der Waals surface area contributed by atoms with Crippen molar-refractivity contribution in [1.82, 2.24) is 47.4 Å². The van der Waals surface area contributed by atoms with Crippen LogP contribution in [0.1, 0.15) is 181 Å². The lowest BCUT2D eigenvalue weighted by atomic mass is 9.85. The number of nitrogens with zero attached hydrogens (tertiary/aromatic N) is 1. The van der Waals surface area contributed by atoms with Gasteiger partial charge in [0, 0.05) is 88.8 Å². The lowest BCUT2D eigenvalue weighted by Gasteiger charge is -2.28. The summed E-state index contributed by atoms with van der Waals surface area (Å²) in [5.74, 6) is -30.4. The number of carboxylic acids is 3. The Labute approximate surface area is 748 Å². The Morgan fingerprint density at radius 2 is 0.915 bits per heavy atom. The fourth-order valence-corrected chi connectivity index (χ4v) is 14.5. The second kappa shape index (κ2) is 56.5. The molecule has 19 N–H and O–H groups in total. The summed E-state index contributed by atoms with van der Waals surface area (Å²) in [4.78, 5) is 260. The van der Waals surface area contributed by atoms with Gasteiger partial charge in [-0.3, -0.25) is 86.3 Å². The number of ketones is 7. The molecular weight excluding hydrogens is 1690 g/mol. The number of aliphatic carboxylic acids is 3. The van der Waals surface area contributed by atoms with Gasteiger partial charge >= 0.3 is 24.0 Å². The summed E-state index contributed by atoms with van der Waals surface area (Å²) in [7, 11) is 0. The quantitative estimate of drug-likeness (QED) is 0.0354. The van der Waals surface area contributed by atoms with E-state index in [0.29, 0.717) is 49.9 Å². The van der Waals surface area contributed by atoms with E-state index in [9.17, 15) is 137 Å². The Balaban J connectivity index is 1.54. The number of carbonyl (C=O) groups is 19. The van der Waals surface area contributed by atoms with E-state index in [1.807, 2.05) is 0 Å². The standard InChI is InChI=1S/C90H128N10O29/c1-8-51(4)82(77(113)40-59(34-56-18-23-63(105)24-19-56)85(123)95-69(33-50(2)3)73(109)38-60(42-80(117)118)84(122)94-52(5)15-12-13-29-91)99-87(125)62(48-101)41-74(110)70(36-57-20-25-64(106)26-21-57)96-86(124)61(43-81(119)120)39-75(111)72(49-102)98-89(127)68(54(7)104)45-76(112)71(35-55-16-10-9-11-17-55)97-88(126)67(53(6)103)44-66(108)47-93-83(121)58(22-27-79(115)116)37-65(107)46-92-78(114)28-31-100-30-14-32-129-90(100)128/h9-11,16-21,23-26,50-54,58-62,67-72,82,101-106H,8,12-15,22,27-49,91H2,1-7H3,(H,92,114)(H,93,121)(H,94,122)(H,95,123)(H,96,124)(H,97,126)(H,98,127)(H,99,125)(H,115,116)(H,117,118)(H,119,120)/t51-,52+,53+,54+,58+,59+,60-,61-,62-,67-,68-,69-,70-,71-,72-,82-/m0/s1. The number of hydrogen-bond acceptors (Lipinski definition) is 27. The highest BCUT2D eigenvalue weighted by molar-refractivity contribution is 6.01. The van der Waals surface area contributed by atoms with Crippen molar-refractivity contribution < 1.29 is 142 Å². The van der Waals surface area contributed by atoms with Crippen molar-refractivity contribution in [3.8, 4) is 11.5 Å². The Kier molecular flexibility index (Phi) is 48.0. The molecule has 0 unspecified atom stereocenters. The molecule has 1 fully saturated rings. The van der Waals surface area contributed by atoms with Crippen molar-refractivity contribution in [3.05, 3.63) is 95.6 Å². The van der Waals surface area contributed by atoms with E-state index in [2.05, 4.69) is 42.5 Å². The normalized spacial score (nSPS) is 15.7. The number of cyclic esters (lactones) is 1. The van der Waals surface area contributed by atoms with E-state index in [1.54, 1.807) is 65.0 Å². The molecule has 129 heavy (non-hydrogen) atoms. The number of ether oxygens (including phenoxy) is 1. The molecule has 0 spiro atoms. The largest absolute Gasteiger partial charge is 0.508 e. The number of amides is 9. The van der Waals surface area contributed by atoms with E-state index in [4.69, 9.17) is 10.5 Å². The second-order valence-electron chi connectivity index (χ2n) is 33.6. The highest BCUT2D eigenvalue weighted by atomic mass is 16.6. The van der Waals surface area contributed by atoms with Crippen LogP contribution in [0.3, 0.4) is 0 Å². The van der Waals surface area contributed by atoms with Crippen LogP contribution < -0.4 is 48.3 Å². The molecule has 1 aliphatic rings. The number of aliphatic hydroxyl groups excluding tert-OH is 4. The minimum absolute atomic E-state index is 0.00634. The number of nitrogens with one attached hydrogen (secondary N) is 8. The van der Waals surface area contributed by atoms with Gasteiger partial charge in [-0.25, -0.2) is 4.79 Å². The Hall–Kier alpha value is -11.8. The number of phenolic OH excluding ortho intramolecular Hbond substituents is 2. The molecular formula is C90H128N10O29. The number of rotatable bonds is 64. The lowest BCUT2D eigenvalue weighted by Crippen LogP contribution is -2.52. The highest BCUT2D eigenvalue weighted by Crippen LogP contribution is 2.26. The molecule has 4 rings (SSSR count). The maximum absolute atomic E-state index is 14.8. The predicted octanol–water partition coefficient (Wildman–Crippen LogP) is 1.33. The number of aliphatic hydroxyl groups is 4. The number of carbonyl (C=O) groups excluding carboxylic acids is 16. The number of Topliss-reactive ketones (excluding diaryl/α,β-unsaturated/α-hetero) is 7. The Morgan fingerprint density at radius 1 is 0.450 bits per heavy atom. The maximum Gasteiger partial charge on any atom is 0.409 e. The van der Waals surface area contributed by atoms with Gasteiger partial charge in [0.1, 0.15) is 17.5 Å². The van der Waals surface area contributed by atoms with Crippen LogP contribution in [0, 0.1) is 53.3 Å². The minimum atomic E-state index is -2.00. The van der Waals surface area contributed by atoms with Crippen molar-refractivity contribution in [2.75, 3.05) is 52.5 Å². The summed E-state index contributed by atoms with van der Waals surface area (Å²) in [5.41, 5.74) is 6.76. The van der Waals surface area contributed by atoms with Gasteiger partial charge in [0.2, 0.25) is 47.3 Å². The molecule has 1 heterocycles. The third-order valence-corrected chi connectivity index (χ3v) is 22.3. The monoisotopic (exact) mass is 1810 g/mol. The zero-order chi connectivity index (χ0) is 96.3. The van der Waals surface area contributed by atoms with Crippen molar-refractivity contribution in [2.24, 2.45) is 59.0 Å². The first kappa shape index (κ1) is 110. The van der Waals surface area contributed by atoms with Crippen LogP contribution in [0.15, 0.2) is 78.9 Å². The van der Waals surface area contributed by atoms with Gasteiger partial charge in [0.25, 0.3) is 0 Å². The van der Waals surface area contributed by atoms with Gasteiger partial charge in [-0.15, -0.1) is 0 Å². The van der Waals surface area contributed by atoms with Gasteiger partial charge in [-0.1, -0.05) is 95.1 Å². The molecule has 1 saturated heterocycles. The van der Waals surface area contributed by atoms with Gasteiger partial charge in [0.15, 0.2) is 40.5 Å². The SMILES string of the molecule is CC[C@H](C)[C@H](NC(=O)[C@H](CO)CC(=O)[C@H](Cc1ccc(O)cc1)NC(=O)[C@H](CC(=O)O)CC(=O)[C@H](CO)NC(=O)[C@@H](CC(=O)[C@H](Cc1ccccc1)NC(=O)[C@@H](CC(=O)CNC(=O)[C@H](CCC(=O)O)CC(=O)CNC(=O)CCN1CCCOC1=O)[C@@H](C)O)[C@@H](C)O)C(=O)C[C@@H](Cc1ccc(O)cc1)C(=O)N[C@@H](CC(C)C)C(=O)C[C@@H](CC(=O)O)C(=O)N[C@H](C)CCCCN. The smallest absolute Gasteiger partial charge is 0.409 e. The van der Waals surface area contributed by atoms with E-state index >= 15 is 0 Å². The van der Waals surface area contributed by atoms with Crippen LogP contribution >= 0.6 is 0 Å². The Morgan fingerprint density at radius 3 is 1.43 bits per heavy atom. The summed E-state index contributed by atoms with van der Waals surface area (Å²) in [6.45, 7) is 8.15. The van der Waals surface area contributed by atoms with Gasteiger partial charge in [0.05, 0.1) is 112 Å². The molecule has 0 aromatic heterocycles. The summed E-state index contributed by atoms with van der Waals surface area (Å²) in [5, 5.41) is 113. The van der Waals surface area contributed by atoms with Gasteiger partial charge in [-0.2, -0.15) is 0 Å². The third kappa shape index (κ3) is 40.2. The molecule has 9 amide bonds. The molecule has 0 aliphatic carbocycles. The van der Waals surface area contributed by atoms with E-state index in [0.717, 1.165) is 13.8 Å². The van der Waals surface area contributed by atoms with Crippen molar-refractivity contribution >= 4 is 112 Å². The molecule has 0 saturated carbocycles. The minimum Gasteiger partial charge on any atom is -0.508 e. The van der Waals surface area contributed by atoms with Crippen LogP contribution in [0.4, 0.5) is 4.79 Å². The molecule has 16 atom stereocenters. The fourth-order valence-electron chi connectivity index (χ4n) is 14.5. The highest BCUT2D eigenvalue weighted by Gasteiger charge is 2.41. The van der Waals surface area contributed by atoms with E-state index < -0.39 is 298 Å². The number of aromatic hydroxyl groups is 2. The summed E-state index contributed by atoms with van der Waals surface area (Å²) in [6.07, 6.45) is -10.6. The van der Waals surface area contributed by atoms with E-state index in [1.165, 1.54) is 53.4 Å². The molecule has 1 aliphatic heterocycles. The van der Waals surface area contributed by atoms with Crippen LogP contribution in [0.2, 0.25) is 0 Å². The molecule has 712 valence electrons.